The van der Waals surface area contributed by atoms with E-state index >= 15 is 0 Å². The van der Waals surface area contributed by atoms with E-state index in [1.807, 2.05) is 0 Å². The van der Waals surface area contributed by atoms with E-state index in [9.17, 15) is 14.4 Å². The molecule has 6 nitrogen and oxygen atoms in total. The molecule has 0 radical (unpaired) electrons. The molecule has 0 bridgehead atoms. The summed E-state index contributed by atoms with van der Waals surface area (Å²) in [6.07, 6.45) is 34.2. The van der Waals surface area contributed by atoms with E-state index in [2.05, 4.69) is 34.6 Å². The molecular formula is C44H84O6. The van der Waals surface area contributed by atoms with Crippen molar-refractivity contribution in [2.45, 2.75) is 240 Å². The van der Waals surface area contributed by atoms with Crippen LogP contribution in [-0.4, -0.2) is 37.2 Å². The van der Waals surface area contributed by atoms with Crippen LogP contribution in [0.15, 0.2) is 0 Å². The molecule has 0 fully saturated rings. The van der Waals surface area contributed by atoms with Crippen molar-refractivity contribution >= 4 is 17.9 Å². The lowest BCUT2D eigenvalue weighted by Gasteiger charge is -2.18. The first-order chi connectivity index (χ1) is 24.2. The number of hydrogen-bond acceptors (Lipinski definition) is 6. The van der Waals surface area contributed by atoms with Gasteiger partial charge in [-0.1, -0.05) is 195 Å². The lowest BCUT2D eigenvalue weighted by atomic mass is 10.0. The maximum absolute atomic E-state index is 12.5. The Labute approximate surface area is 310 Å². The molecule has 0 aliphatic rings. The normalized spacial score (nSPS) is 12.1. The summed E-state index contributed by atoms with van der Waals surface area (Å²) in [4.78, 5) is 37.3. The highest BCUT2D eigenvalue weighted by molar-refractivity contribution is 5.71. The monoisotopic (exact) mass is 709 g/mol. The average molecular weight is 709 g/mol. The summed E-state index contributed by atoms with van der Waals surface area (Å²) in [5, 5.41) is 0. The number of carbonyl (C=O) groups excluding carboxylic acids is 3. The van der Waals surface area contributed by atoms with Gasteiger partial charge in [0, 0.05) is 19.3 Å². The van der Waals surface area contributed by atoms with Crippen LogP contribution in [0, 0.1) is 11.8 Å². The number of rotatable bonds is 38. The molecule has 296 valence electrons. The Balaban J connectivity index is 4.12. The topological polar surface area (TPSA) is 78.9 Å². The Hall–Kier alpha value is -1.59. The van der Waals surface area contributed by atoms with Gasteiger partial charge in [0.25, 0.3) is 0 Å². The van der Waals surface area contributed by atoms with Crippen LogP contribution in [0.2, 0.25) is 0 Å². The fourth-order valence-electron chi connectivity index (χ4n) is 6.40. The zero-order valence-electron chi connectivity index (χ0n) is 34.0. The Morgan fingerprint density at radius 2 is 0.660 bits per heavy atom. The molecule has 50 heavy (non-hydrogen) atoms. The molecule has 0 aromatic heterocycles. The average Bonchev–Trinajstić information content (AvgIpc) is 3.08. The van der Waals surface area contributed by atoms with Crippen LogP contribution in [0.4, 0.5) is 0 Å². The standard InChI is InChI=1S/C44H84O6/c1-6-7-8-22-31-36-44(47)50-41(38-49-43(46)35-30-26-21-17-19-24-28-33-40(4)5)37-48-42(45)34-29-25-20-16-14-12-10-9-11-13-15-18-23-27-32-39(2)3/h39-41H,6-38H2,1-5H3/t41-/m0/s1. The number of unbranched alkanes of at least 4 members (excludes halogenated alkanes) is 23. The fourth-order valence-corrected chi connectivity index (χ4v) is 6.40. The highest BCUT2D eigenvalue weighted by atomic mass is 16.6. The van der Waals surface area contributed by atoms with Crippen LogP contribution in [0.1, 0.15) is 234 Å². The van der Waals surface area contributed by atoms with E-state index in [0.717, 1.165) is 76.0 Å². The minimum atomic E-state index is -0.758. The molecule has 0 aliphatic heterocycles. The minimum absolute atomic E-state index is 0.0668. The molecule has 0 heterocycles. The zero-order chi connectivity index (χ0) is 36.9. The molecule has 0 aromatic rings. The van der Waals surface area contributed by atoms with Gasteiger partial charge >= 0.3 is 17.9 Å². The van der Waals surface area contributed by atoms with E-state index < -0.39 is 6.10 Å². The van der Waals surface area contributed by atoms with Crippen molar-refractivity contribution in [1.29, 1.82) is 0 Å². The Morgan fingerprint density at radius 3 is 0.980 bits per heavy atom. The second-order valence-corrected chi connectivity index (χ2v) is 15.9. The molecule has 0 unspecified atom stereocenters. The van der Waals surface area contributed by atoms with Crippen molar-refractivity contribution in [3.8, 4) is 0 Å². The van der Waals surface area contributed by atoms with Crippen LogP contribution in [-0.2, 0) is 28.6 Å². The minimum Gasteiger partial charge on any atom is -0.462 e. The third-order valence-electron chi connectivity index (χ3n) is 9.72. The molecule has 0 rings (SSSR count). The van der Waals surface area contributed by atoms with Crippen molar-refractivity contribution in [2.75, 3.05) is 13.2 Å². The van der Waals surface area contributed by atoms with E-state index in [4.69, 9.17) is 14.2 Å². The van der Waals surface area contributed by atoms with Gasteiger partial charge in [-0.2, -0.15) is 0 Å². The lowest BCUT2D eigenvalue weighted by Crippen LogP contribution is -2.30. The van der Waals surface area contributed by atoms with Crippen molar-refractivity contribution in [2.24, 2.45) is 11.8 Å². The van der Waals surface area contributed by atoms with Crippen molar-refractivity contribution < 1.29 is 28.6 Å². The van der Waals surface area contributed by atoms with Gasteiger partial charge in [-0.05, 0) is 31.1 Å². The molecule has 0 N–H and O–H groups in total. The quantitative estimate of drug-likeness (QED) is 0.0361. The number of ether oxygens (including phenoxy) is 3. The maximum atomic E-state index is 12.5. The van der Waals surface area contributed by atoms with Crippen LogP contribution in [0.25, 0.3) is 0 Å². The molecule has 0 saturated heterocycles. The van der Waals surface area contributed by atoms with E-state index in [1.165, 1.54) is 116 Å². The fraction of sp³-hybridized carbons (Fsp3) is 0.932. The Morgan fingerprint density at radius 1 is 0.380 bits per heavy atom. The second-order valence-electron chi connectivity index (χ2n) is 15.9. The molecule has 6 heteroatoms. The molecule has 0 saturated carbocycles. The van der Waals surface area contributed by atoms with Crippen LogP contribution < -0.4 is 0 Å². The molecule has 0 aromatic carbocycles. The van der Waals surface area contributed by atoms with Gasteiger partial charge in [0.2, 0.25) is 0 Å². The van der Waals surface area contributed by atoms with Gasteiger partial charge in [-0.15, -0.1) is 0 Å². The largest absolute Gasteiger partial charge is 0.462 e. The first-order valence-corrected chi connectivity index (χ1v) is 21.7. The van der Waals surface area contributed by atoms with Crippen LogP contribution >= 0.6 is 0 Å². The van der Waals surface area contributed by atoms with Crippen LogP contribution in [0.3, 0.4) is 0 Å². The summed E-state index contributed by atoms with van der Waals surface area (Å²) in [5.41, 5.74) is 0. The van der Waals surface area contributed by atoms with Crippen molar-refractivity contribution in [3.05, 3.63) is 0 Å². The Bertz CT molecular complexity index is 764. The molecule has 0 aliphatic carbocycles. The summed E-state index contributed by atoms with van der Waals surface area (Å²) in [7, 11) is 0. The third kappa shape index (κ3) is 37.7. The highest BCUT2D eigenvalue weighted by Gasteiger charge is 2.19. The first-order valence-electron chi connectivity index (χ1n) is 21.7. The van der Waals surface area contributed by atoms with E-state index in [-0.39, 0.29) is 31.1 Å². The van der Waals surface area contributed by atoms with Gasteiger partial charge in [0.05, 0.1) is 0 Å². The summed E-state index contributed by atoms with van der Waals surface area (Å²) >= 11 is 0. The summed E-state index contributed by atoms with van der Waals surface area (Å²) in [6.45, 7) is 11.2. The van der Waals surface area contributed by atoms with Gasteiger partial charge < -0.3 is 14.2 Å². The van der Waals surface area contributed by atoms with E-state index in [1.54, 1.807) is 0 Å². The smallest absolute Gasteiger partial charge is 0.306 e. The van der Waals surface area contributed by atoms with Gasteiger partial charge in [0.1, 0.15) is 13.2 Å². The van der Waals surface area contributed by atoms with Gasteiger partial charge in [0.15, 0.2) is 6.10 Å². The summed E-state index contributed by atoms with van der Waals surface area (Å²) in [5.74, 6) is 0.750. The van der Waals surface area contributed by atoms with Crippen LogP contribution in [0.5, 0.6) is 0 Å². The molecular weight excluding hydrogens is 624 g/mol. The van der Waals surface area contributed by atoms with Crippen molar-refractivity contribution in [1.82, 2.24) is 0 Å². The second kappa shape index (κ2) is 37.2. The predicted octanol–water partition coefficient (Wildman–Crippen LogP) is 13.4. The number of hydrogen-bond donors (Lipinski definition) is 0. The predicted molar refractivity (Wildman–Crippen MR) is 210 cm³/mol. The molecule has 0 amide bonds. The third-order valence-corrected chi connectivity index (χ3v) is 9.72. The number of esters is 3. The van der Waals surface area contributed by atoms with Crippen molar-refractivity contribution in [3.63, 3.8) is 0 Å². The number of carbonyl (C=O) groups is 3. The summed E-state index contributed by atoms with van der Waals surface area (Å²) < 4.78 is 16.6. The summed E-state index contributed by atoms with van der Waals surface area (Å²) in [6, 6.07) is 0. The molecule has 0 spiro atoms. The molecule has 1 atom stereocenters. The SMILES string of the molecule is CCCCCCCC(=O)O[C@@H](COC(=O)CCCCCCCCCCCCCCCCC(C)C)COC(=O)CCCCCCCCCC(C)C. The maximum Gasteiger partial charge on any atom is 0.306 e. The van der Waals surface area contributed by atoms with Gasteiger partial charge in [-0.25, -0.2) is 0 Å². The zero-order valence-corrected chi connectivity index (χ0v) is 34.0. The highest BCUT2D eigenvalue weighted by Crippen LogP contribution is 2.16. The lowest BCUT2D eigenvalue weighted by molar-refractivity contribution is -0.167. The van der Waals surface area contributed by atoms with Gasteiger partial charge in [-0.3, -0.25) is 14.4 Å². The first kappa shape index (κ1) is 48.4. The van der Waals surface area contributed by atoms with E-state index in [0.29, 0.717) is 19.3 Å². The Kier molecular flexibility index (Phi) is 36.0.